The first kappa shape index (κ1) is 25.8. The number of carbonyl (C=O) groups excluding carboxylic acids is 1. The molecule has 2 N–H and O–H groups in total. The van der Waals surface area contributed by atoms with Crippen LogP contribution in [0.25, 0.3) is 0 Å². The molecule has 0 saturated heterocycles. The predicted molar refractivity (Wildman–Crippen MR) is 140 cm³/mol. The minimum absolute atomic E-state index is 0.102. The normalized spacial score (nSPS) is 11.7. The lowest BCUT2D eigenvalue weighted by molar-refractivity contribution is -0.118. The van der Waals surface area contributed by atoms with Gasteiger partial charge < -0.3 is 10.1 Å². The van der Waals surface area contributed by atoms with E-state index in [1.54, 1.807) is 24.3 Å². The van der Waals surface area contributed by atoms with Crippen molar-refractivity contribution < 1.29 is 17.9 Å². The van der Waals surface area contributed by atoms with Crippen LogP contribution in [0.15, 0.2) is 70.0 Å². The highest BCUT2D eigenvalue weighted by molar-refractivity contribution is 9.10. The van der Waals surface area contributed by atoms with E-state index in [4.69, 9.17) is 4.74 Å². The summed E-state index contributed by atoms with van der Waals surface area (Å²) in [6, 6.07) is 17.1. The fourth-order valence-electron chi connectivity index (χ4n) is 3.29. The lowest BCUT2D eigenvalue weighted by Crippen LogP contribution is -2.22. The predicted octanol–water partition coefficient (Wildman–Crippen LogP) is 6.18. The van der Waals surface area contributed by atoms with Gasteiger partial charge in [-0.05, 0) is 85.0 Å². The number of hydrogen-bond donors (Lipinski definition) is 2. The Labute approximate surface area is 209 Å². The summed E-state index contributed by atoms with van der Waals surface area (Å²) >= 11 is 3.47. The Balaban J connectivity index is 1.63. The summed E-state index contributed by atoms with van der Waals surface area (Å²) < 4.78 is 34.7. The van der Waals surface area contributed by atoms with Gasteiger partial charge in [0, 0.05) is 21.4 Å². The third kappa shape index (κ3) is 6.61. The number of rotatable bonds is 7. The first-order chi connectivity index (χ1) is 15.8. The maximum atomic E-state index is 12.7. The Morgan fingerprint density at radius 3 is 2.18 bits per heavy atom. The molecule has 0 bridgehead atoms. The monoisotopic (exact) mass is 544 g/mol. The van der Waals surface area contributed by atoms with Crippen molar-refractivity contribution in [3.63, 3.8) is 0 Å². The van der Waals surface area contributed by atoms with Crippen molar-refractivity contribution in [2.24, 2.45) is 0 Å². The summed E-state index contributed by atoms with van der Waals surface area (Å²) in [5, 5.41) is 2.74. The summed E-state index contributed by atoms with van der Waals surface area (Å²) in [5.74, 6) is 0.302. The van der Waals surface area contributed by atoms with Gasteiger partial charge in [0.25, 0.3) is 15.9 Å². The van der Waals surface area contributed by atoms with Gasteiger partial charge in [-0.3, -0.25) is 9.52 Å². The zero-order valence-corrected chi connectivity index (χ0v) is 22.3. The number of amides is 1. The molecule has 0 atom stereocenters. The molecule has 0 unspecified atom stereocenters. The van der Waals surface area contributed by atoms with E-state index >= 15 is 0 Å². The van der Waals surface area contributed by atoms with Gasteiger partial charge in [0.1, 0.15) is 5.75 Å². The average Bonchev–Trinajstić information content (AvgIpc) is 2.75. The highest BCUT2D eigenvalue weighted by Gasteiger charge is 2.20. The van der Waals surface area contributed by atoms with E-state index in [2.05, 4.69) is 46.7 Å². The lowest BCUT2D eigenvalue weighted by atomic mass is 9.86. The van der Waals surface area contributed by atoms with Crippen LogP contribution >= 0.6 is 15.9 Å². The zero-order valence-electron chi connectivity index (χ0n) is 19.9. The minimum Gasteiger partial charge on any atom is -0.483 e. The van der Waals surface area contributed by atoms with Crippen molar-refractivity contribution in [1.82, 2.24) is 0 Å². The fraction of sp³-hybridized carbons (Fsp3) is 0.269. The third-order valence-electron chi connectivity index (χ3n) is 5.32. The maximum absolute atomic E-state index is 12.7. The SMILES string of the molecule is Cc1ccc(NS(=O)(=O)c2ccc(NC(=O)COc3ccc(Br)cc3C(C)(C)C)cc2)cc1C. The number of sulfonamides is 1. The van der Waals surface area contributed by atoms with Crippen LogP contribution < -0.4 is 14.8 Å². The summed E-state index contributed by atoms with van der Waals surface area (Å²) in [6.07, 6.45) is 0. The van der Waals surface area contributed by atoms with Crippen molar-refractivity contribution in [2.75, 3.05) is 16.6 Å². The number of hydrogen-bond acceptors (Lipinski definition) is 4. The van der Waals surface area contributed by atoms with E-state index in [0.717, 1.165) is 21.2 Å². The van der Waals surface area contributed by atoms with Crippen molar-refractivity contribution in [2.45, 2.75) is 44.9 Å². The summed E-state index contributed by atoms with van der Waals surface area (Å²) in [6.45, 7) is 9.95. The molecule has 180 valence electrons. The molecule has 3 rings (SSSR count). The second-order valence-electron chi connectivity index (χ2n) is 9.16. The van der Waals surface area contributed by atoms with E-state index in [1.165, 1.54) is 12.1 Å². The van der Waals surface area contributed by atoms with Crippen LogP contribution in [0.3, 0.4) is 0 Å². The quantitative estimate of drug-likeness (QED) is 0.371. The highest BCUT2D eigenvalue weighted by Crippen LogP contribution is 2.33. The van der Waals surface area contributed by atoms with Crippen LogP contribution in [0, 0.1) is 13.8 Å². The molecule has 0 fully saturated rings. The van der Waals surface area contributed by atoms with E-state index in [-0.39, 0.29) is 22.8 Å². The number of aryl methyl sites for hydroxylation is 2. The van der Waals surface area contributed by atoms with Crippen molar-refractivity contribution >= 4 is 43.2 Å². The molecule has 0 saturated carbocycles. The first-order valence-corrected chi connectivity index (χ1v) is 13.1. The molecule has 0 aliphatic heterocycles. The van der Waals surface area contributed by atoms with Crippen LogP contribution in [0.5, 0.6) is 5.75 Å². The molecule has 6 nitrogen and oxygen atoms in total. The standard InChI is InChI=1S/C26H29BrN2O4S/c1-17-6-8-21(14-18(17)2)29-34(31,32)22-11-9-20(10-12-22)28-25(30)16-33-24-13-7-19(27)15-23(24)26(3,4)5/h6-15,29H,16H2,1-5H3,(H,28,30). The van der Waals surface area contributed by atoms with Gasteiger partial charge in [-0.1, -0.05) is 42.8 Å². The molecule has 3 aromatic carbocycles. The second kappa shape index (κ2) is 10.2. The van der Waals surface area contributed by atoms with E-state index in [9.17, 15) is 13.2 Å². The van der Waals surface area contributed by atoms with Crippen molar-refractivity contribution in [3.05, 3.63) is 81.8 Å². The number of nitrogens with one attached hydrogen (secondary N) is 2. The van der Waals surface area contributed by atoms with Gasteiger partial charge in [0.15, 0.2) is 6.61 Å². The molecular formula is C26H29BrN2O4S. The molecule has 0 aliphatic rings. The maximum Gasteiger partial charge on any atom is 0.262 e. The Morgan fingerprint density at radius 2 is 1.56 bits per heavy atom. The lowest BCUT2D eigenvalue weighted by Gasteiger charge is -2.23. The Morgan fingerprint density at radius 1 is 0.912 bits per heavy atom. The van der Waals surface area contributed by atoms with Crippen molar-refractivity contribution in [3.8, 4) is 5.75 Å². The van der Waals surface area contributed by atoms with E-state index in [1.807, 2.05) is 38.1 Å². The van der Waals surface area contributed by atoms with Gasteiger partial charge in [-0.2, -0.15) is 0 Å². The third-order valence-corrected chi connectivity index (χ3v) is 7.21. The van der Waals surface area contributed by atoms with Gasteiger partial charge in [-0.15, -0.1) is 0 Å². The smallest absolute Gasteiger partial charge is 0.262 e. The molecular weight excluding hydrogens is 516 g/mol. The molecule has 8 heteroatoms. The van der Waals surface area contributed by atoms with E-state index in [0.29, 0.717) is 17.1 Å². The first-order valence-electron chi connectivity index (χ1n) is 10.8. The fourth-order valence-corrected chi connectivity index (χ4v) is 4.70. The Bertz CT molecular complexity index is 1300. The topological polar surface area (TPSA) is 84.5 Å². The van der Waals surface area contributed by atoms with Gasteiger partial charge in [-0.25, -0.2) is 8.42 Å². The van der Waals surface area contributed by atoms with Crippen LogP contribution in [-0.4, -0.2) is 20.9 Å². The molecule has 0 heterocycles. The summed E-state index contributed by atoms with van der Waals surface area (Å²) in [4.78, 5) is 12.5. The number of halogens is 1. The molecule has 0 aromatic heterocycles. The molecule has 0 radical (unpaired) electrons. The number of ether oxygens (including phenoxy) is 1. The molecule has 0 spiro atoms. The summed E-state index contributed by atoms with van der Waals surface area (Å²) in [7, 11) is -3.75. The van der Waals surface area contributed by atoms with E-state index < -0.39 is 10.0 Å². The van der Waals surface area contributed by atoms with Crippen LogP contribution in [0.4, 0.5) is 11.4 Å². The molecule has 3 aromatic rings. The van der Waals surface area contributed by atoms with Crippen molar-refractivity contribution in [1.29, 1.82) is 0 Å². The minimum atomic E-state index is -3.75. The van der Waals surface area contributed by atoms with Crippen LogP contribution in [0.1, 0.15) is 37.5 Å². The number of carbonyl (C=O) groups is 1. The van der Waals surface area contributed by atoms with Gasteiger partial charge >= 0.3 is 0 Å². The Hall–Kier alpha value is -2.84. The van der Waals surface area contributed by atoms with Crippen LogP contribution in [0.2, 0.25) is 0 Å². The van der Waals surface area contributed by atoms with Gasteiger partial charge in [0.05, 0.1) is 4.90 Å². The molecule has 0 aliphatic carbocycles. The number of benzene rings is 3. The summed E-state index contributed by atoms with van der Waals surface area (Å²) in [5.41, 5.74) is 3.90. The second-order valence-corrected chi connectivity index (χ2v) is 11.8. The largest absolute Gasteiger partial charge is 0.483 e. The van der Waals surface area contributed by atoms with Gasteiger partial charge in [0.2, 0.25) is 0 Å². The highest BCUT2D eigenvalue weighted by atomic mass is 79.9. The molecule has 1 amide bonds. The molecule has 34 heavy (non-hydrogen) atoms. The average molecular weight is 545 g/mol. The zero-order chi connectivity index (χ0) is 25.1. The Kier molecular flexibility index (Phi) is 7.73. The van der Waals surface area contributed by atoms with Crippen LogP contribution in [-0.2, 0) is 20.2 Å². The number of anilines is 2.